The van der Waals surface area contributed by atoms with E-state index in [1.165, 1.54) is 5.69 Å². The van der Waals surface area contributed by atoms with Gasteiger partial charge >= 0.3 is 5.97 Å². The lowest BCUT2D eigenvalue weighted by Crippen LogP contribution is -2.44. The first kappa shape index (κ1) is 20.7. The van der Waals surface area contributed by atoms with Crippen molar-refractivity contribution in [3.05, 3.63) is 54.1 Å². The number of hydrogen-bond acceptors (Lipinski definition) is 6. The zero-order valence-corrected chi connectivity index (χ0v) is 17.0. The smallest absolute Gasteiger partial charge is 0.338 e. The Morgan fingerprint density at radius 2 is 1.55 bits per heavy atom. The number of anilines is 3. The van der Waals surface area contributed by atoms with Crippen LogP contribution in [0.5, 0.6) is 0 Å². The molecule has 0 radical (unpaired) electrons. The van der Waals surface area contributed by atoms with E-state index in [1.54, 1.807) is 31.2 Å². The average molecular weight is 396 g/mol. The number of carbonyl (C=O) groups is 2. The molecule has 1 aliphatic rings. The van der Waals surface area contributed by atoms with Gasteiger partial charge in [-0.3, -0.25) is 4.79 Å². The van der Waals surface area contributed by atoms with E-state index < -0.39 is 0 Å². The van der Waals surface area contributed by atoms with Gasteiger partial charge in [-0.25, -0.2) is 4.79 Å². The number of hydrogen-bond donors (Lipinski definition) is 2. The molecule has 154 valence electrons. The van der Waals surface area contributed by atoms with Gasteiger partial charge in [-0.05, 0) is 62.5 Å². The van der Waals surface area contributed by atoms with Gasteiger partial charge < -0.3 is 25.2 Å². The zero-order chi connectivity index (χ0) is 20.6. The quantitative estimate of drug-likeness (QED) is 0.701. The van der Waals surface area contributed by atoms with Gasteiger partial charge in [0.15, 0.2) is 0 Å². The molecule has 1 aliphatic heterocycles. The van der Waals surface area contributed by atoms with Gasteiger partial charge in [0, 0.05) is 43.2 Å². The predicted molar refractivity (Wildman–Crippen MR) is 116 cm³/mol. The Labute approximate surface area is 171 Å². The lowest BCUT2D eigenvalue weighted by molar-refractivity contribution is -0.114. The second-order valence-corrected chi connectivity index (χ2v) is 7.04. The van der Waals surface area contributed by atoms with Crippen LogP contribution < -0.4 is 15.5 Å². The van der Waals surface area contributed by atoms with Gasteiger partial charge in [-0.1, -0.05) is 0 Å². The van der Waals surface area contributed by atoms with Gasteiger partial charge in [-0.2, -0.15) is 0 Å². The summed E-state index contributed by atoms with van der Waals surface area (Å²) in [5.41, 5.74) is 3.20. The van der Waals surface area contributed by atoms with E-state index in [2.05, 4.69) is 27.5 Å². The monoisotopic (exact) mass is 396 g/mol. The van der Waals surface area contributed by atoms with E-state index in [0.29, 0.717) is 12.2 Å². The summed E-state index contributed by atoms with van der Waals surface area (Å²) in [5.74, 6) is -0.483. The molecule has 1 amide bonds. The molecule has 7 nitrogen and oxygen atoms in total. The Morgan fingerprint density at radius 1 is 0.931 bits per heavy atom. The Balaban J connectivity index is 1.46. The Kier molecular flexibility index (Phi) is 7.08. The first-order valence-corrected chi connectivity index (χ1v) is 9.89. The predicted octanol–water partition coefficient (Wildman–Crippen LogP) is 2.67. The highest BCUT2D eigenvalue weighted by molar-refractivity contribution is 5.94. The Hall–Kier alpha value is -3.06. The molecule has 2 N–H and O–H groups in total. The van der Waals surface area contributed by atoms with Crippen LogP contribution in [0.2, 0.25) is 0 Å². The van der Waals surface area contributed by atoms with E-state index in [4.69, 9.17) is 4.74 Å². The van der Waals surface area contributed by atoms with Crippen molar-refractivity contribution in [2.45, 2.75) is 6.92 Å². The maximum Gasteiger partial charge on any atom is 0.338 e. The number of likely N-dealkylation sites (N-methyl/N-ethyl adjacent to an activating group) is 1. The lowest BCUT2D eigenvalue weighted by atomic mass is 10.2. The van der Waals surface area contributed by atoms with Crippen LogP contribution >= 0.6 is 0 Å². The number of nitrogens with one attached hydrogen (secondary N) is 2. The second kappa shape index (κ2) is 9.93. The van der Waals surface area contributed by atoms with Gasteiger partial charge in [0.05, 0.1) is 18.7 Å². The van der Waals surface area contributed by atoms with Crippen LogP contribution in [0, 0.1) is 0 Å². The van der Waals surface area contributed by atoms with Crippen molar-refractivity contribution in [3.8, 4) is 0 Å². The van der Waals surface area contributed by atoms with Crippen molar-refractivity contribution in [2.24, 2.45) is 0 Å². The molecular weight excluding hydrogens is 368 g/mol. The zero-order valence-electron chi connectivity index (χ0n) is 17.0. The molecule has 3 rings (SSSR count). The summed E-state index contributed by atoms with van der Waals surface area (Å²) in [7, 11) is 2.14. The minimum atomic E-state index is -0.350. The van der Waals surface area contributed by atoms with Crippen LogP contribution in [-0.4, -0.2) is 63.2 Å². The minimum absolute atomic E-state index is 0.133. The number of ether oxygens (including phenoxy) is 1. The van der Waals surface area contributed by atoms with Crippen LogP contribution in [0.3, 0.4) is 0 Å². The third-order valence-corrected chi connectivity index (χ3v) is 4.87. The number of piperazine rings is 1. The van der Waals surface area contributed by atoms with Gasteiger partial charge in [-0.15, -0.1) is 0 Å². The fourth-order valence-electron chi connectivity index (χ4n) is 3.15. The molecular formula is C22H28N4O3. The van der Waals surface area contributed by atoms with Crippen LogP contribution in [-0.2, 0) is 9.53 Å². The lowest BCUT2D eigenvalue weighted by Gasteiger charge is -2.34. The largest absolute Gasteiger partial charge is 0.462 e. The van der Waals surface area contributed by atoms with Gasteiger partial charge in [0.2, 0.25) is 5.91 Å². The molecule has 1 fully saturated rings. The molecule has 0 aromatic heterocycles. The molecule has 7 heteroatoms. The molecule has 0 spiro atoms. The van der Waals surface area contributed by atoms with E-state index in [9.17, 15) is 9.59 Å². The maximum atomic E-state index is 12.2. The molecule has 2 aromatic carbocycles. The highest BCUT2D eigenvalue weighted by Crippen LogP contribution is 2.19. The summed E-state index contributed by atoms with van der Waals surface area (Å²) in [5, 5.41) is 5.95. The number of benzene rings is 2. The molecule has 29 heavy (non-hydrogen) atoms. The van der Waals surface area contributed by atoms with Crippen molar-refractivity contribution in [3.63, 3.8) is 0 Å². The van der Waals surface area contributed by atoms with E-state index in [1.807, 2.05) is 24.3 Å². The first-order chi connectivity index (χ1) is 14.0. The summed E-state index contributed by atoms with van der Waals surface area (Å²) in [4.78, 5) is 28.5. The standard InChI is InChI=1S/C22H28N4O3/c1-3-29-22(28)17-4-6-18(7-5-17)23-16-21(27)24-19-8-10-20(11-9-19)26-14-12-25(2)13-15-26/h4-11,23H,3,12-16H2,1-2H3,(H,24,27). The number of esters is 1. The van der Waals surface area contributed by atoms with E-state index in [-0.39, 0.29) is 18.4 Å². The fraction of sp³-hybridized carbons (Fsp3) is 0.364. The van der Waals surface area contributed by atoms with Crippen LogP contribution in [0.25, 0.3) is 0 Å². The third kappa shape index (κ3) is 5.96. The van der Waals surface area contributed by atoms with Crippen molar-refractivity contribution in [1.29, 1.82) is 0 Å². The topological polar surface area (TPSA) is 73.9 Å². The summed E-state index contributed by atoms with van der Waals surface area (Å²) < 4.78 is 4.96. The molecule has 0 atom stereocenters. The van der Waals surface area contributed by atoms with Crippen molar-refractivity contribution in [1.82, 2.24) is 4.90 Å². The summed E-state index contributed by atoms with van der Waals surface area (Å²) in [6.07, 6.45) is 0. The molecule has 0 saturated carbocycles. The van der Waals surface area contributed by atoms with Crippen molar-refractivity contribution in [2.75, 3.05) is 61.9 Å². The first-order valence-electron chi connectivity index (χ1n) is 9.89. The molecule has 2 aromatic rings. The SMILES string of the molecule is CCOC(=O)c1ccc(NCC(=O)Nc2ccc(N3CCN(C)CC3)cc2)cc1. The maximum absolute atomic E-state index is 12.2. The van der Waals surface area contributed by atoms with Crippen LogP contribution in [0.15, 0.2) is 48.5 Å². The van der Waals surface area contributed by atoms with Gasteiger partial charge in [0.25, 0.3) is 0 Å². The minimum Gasteiger partial charge on any atom is -0.462 e. The summed E-state index contributed by atoms with van der Waals surface area (Å²) >= 11 is 0. The van der Waals surface area contributed by atoms with Crippen LogP contribution in [0.1, 0.15) is 17.3 Å². The third-order valence-electron chi connectivity index (χ3n) is 4.87. The summed E-state index contributed by atoms with van der Waals surface area (Å²) in [6.45, 7) is 6.40. The molecule has 1 saturated heterocycles. The molecule has 1 heterocycles. The molecule has 0 aliphatic carbocycles. The van der Waals surface area contributed by atoms with Crippen LogP contribution in [0.4, 0.5) is 17.1 Å². The fourth-order valence-corrected chi connectivity index (χ4v) is 3.15. The summed E-state index contributed by atoms with van der Waals surface area (Å²) in [6, 6.07) is 14.8. The van der Waals surface area contributed by atoms with Crippen molar-refractivity contribution < 1.29 is 14.3 Å². The van der Waals surface area contributed by atoms with Crippen molar-refractivity contribution >= 4 is 28.9 Å². The number of rotatable bonds is 7. The molecule has 0 unspecified atom stereocenters. The second-order valence-electron chi connectivity index (χ2n) is 7.04. The highest BCUT2D eigenvalue weighted by atomic mass is 16.5. The molecule has 0 bridgehead atoms. The Morgan fingerprint density at radius 3 is 2.17 bits per heavy atom. The normalized spacial score (nSPS) is 14.3. The van der Waals surface area contributed by atoms with E-state index >= 15 is 0 Å². The average Bonchev–Trinajstić information content (AvgIpc) is 2.74. The number of nitrogens with zero attached hydrogens (tertiary/aromatic N) is 2. The number of amides is 1. The van der Waals surface area contributed by atoms with Gasteiger partial charge in [0.1, 0.15) is 0 Å². The highest BCUT2D eigenvalue weighted by Gasteiger charge is 2.14. The Bertz CT molecular complexity index is 813. The van der Waals surface area contributed by atoms with E-state index in [0.717, 1.165) is 37.6 Å². The number of carbonyl (C=O) groups excluding carboxylic acids is 2.